The average molecular weight is 483 g/mol. The highest BCUT2D eigenvalue weighted by molar-refractivity contribution is 6.74. The summed E-state index contributed by atoms with van der Waals surface area (Å²) in [5.74, 6) is -0.317. The molecule has 182 valence electrons. The second-order valence-electron chi connectivity index (χ2n) is 10.8. The van der Waals surface area contributed by atoms with Crippen LogP contribution in [-0.4, -0.2) is 49.0 Å². The molecule has 0 radical (unpaired) electrons. The molecule has 0 fully saturated rings. The van der Waals surface area contributed by atoms with Crippen molar-refractivity contribution >= 4 is 14.1 Å². The normalized spacial score (nSPS) is 24.5. The molecule has 0 amide bonds. The van der Waals surface area contributed by atoms with Gasteiger partial charge in [-0.15, -0.1) is 0 Å². The molecule has 2 aliphatic rings. The zero-order valence-corrected chi connectivity index (χ0v) is 22.0. The highest BCUT2D eigenvalue weighted by atomic mass is 28.4. The quantitative estimate of drug-likeness (QED) is 0.588. The summed E-state index contributed by atoms with van der Waals surface area (Å²) >= 11 is 0. The molecular formula is C26H34N2O5Si. The van der Waals surface area contributed by atoms with Gasteiger partial charge in [0.05, 0.1) is 5.76 Å². The molecule has 1 heterocycles. The van der Waals surface area contributed by atoms with Crippen LogP contribution in [0.4, 0.5) is 0 Å². The molecule has 0 unspecified atom stereocenters. The van der Waals surface area contributed by atoms with Gasteiger partial charge in [-0.25, -0.2) is 0 Å². The van der Waals surface area contributed by atoms with Crippen LogP contribution in [0.15, 0.2) is 58.8 Å². The van der Waals surface area contributed by atoms with E-state index in [0.29, 0.717) is 11.5 Å². The van der Waals surface area contributed by atoms with Crippen molar-refractivity contribution in [3.63, 3.8) is 0 Å². The minimum Gasteiger partial charge on any atom is -0.546 e. The molecule has 1 aromatic heterocycles. The Balaban J connectivity index is 1.76. The van der Waals surface area contributed by atoms with E-state index in [9.17, 15) is 9.90 Å². The molecule has 0 aliphatic heterocycles. The summed E-state index contributed by atoms with van der Waals surface area (Å²) in [6.45, 7) is 10.9. The fourth-order valence-corrected chi connectivity index (χ4v) is 5.46. The Labute approximate surface area is 202 Å². The Morgan fingerprint density at radius 1 is 1.21 bits per heavy atom. The number of ether oxygens (including phenoxy) is 1. The number of Topliss-reactive ketones (excluding diaryl/α,β-unsaturated/α-hetero) is 1. The lowest BCUT2D eigenvalue weighted by atomic mass is 9.68. The van der Waals surface area contributed by atoms with E-state index in [0.717, 1.165) is 5.56 Å². The van der Waals surface area contributed by atoms with E-state index in [-0.39, 0.29) is 28.9 Å². The number of nitrogens with zero attached hydrogens (tertiary/aromatic N) is 2. The first kappa shape index (κ1) is 24.4. The lowest BCUT2D eigenvalue weighted by molar-refractivity contribution is -0.0471. The van der Waals surface area contributed by atoms with Crippen LogP contribution >= 0.6 is 0 Å². The highest BCUT2D eigenvalue weighted by Crippen LogP contribution is 2.52. The summed E-state index contributed by atoms with van der Waals surface area (Å²) in [5.41, 5.74) is -0.328. The van der Waals surface area contributed by atoms with E-state index >= 15 is 0 Å². The molecular weight excluding hydrogens is 448 g/mol. The number of likely N-dealkylation sites (N-methyl/N-ethyl adjacent to an activating group) is 1. The molecule has 4 rings (SSSR count). The van der Waals surface area contributed by atoms with E-state index in [1.165, 1.54) is 0 Å². The topological polar surface area (TPSA) is 85.0 Å². The molecule has 0 spiro atoms. The van der Waals surface area contributed by atoms with Crippen LogP contribution < -0.4 is 4.74 Å². The third-order valence-corrected chi connectivity index (χ3v) is 11.5. The van der Waals surface area contributed by atoms with Gasteiger partial charge in [0.15, 0.2) is 11.5 Å². The SMILES string of the molecule is CN(C)[C@@H]1c2onc(OCc3ccccc3)c2C(=O)[C@@H]2C(O[Si](C)(C)C(C)(C)C)=CC=C[C@]21O. The molecule has 0 saturated heterocycles. The maximum absolute atomic E-state index is 14.0. The molecule has 1 N–H and O–H groups in total. The number of allylic oxidation sites excluding steroid dienone is 2. The smallest absolute Gasteiger partial charge is 0.265 e. The number of benzene rings is 1. The lowest BCUT2D eigenvalue weighted by Gasteiger charge is -2.48. The van der Waals surface area contributed by atoms with Gasteiger partial charge in [-0.05, 0) is 55.1 Å². The zero-order valence-electron chi connectivity index (χ0n) is 21.0. The Morgan fingerprint density at radius 2 is 1.88 bits per heavy atom. The summed E-state index contributed by atoms with van der Waals surface area (Å²) in [7, 11) is 1.40. The molecule has 8 heteroatoms. The number of carbonyl (C=O) groups excluding carboxylic acids is 1. The highest BCUT2D eigenvalue weighted by Gasteiger charge is 2.59. The molecule has 0 saturated carbocycles. The van der Waals surface area contributed by atoms with Gasteiger partial charge in [-0.3, -0.25) is 9.69 Å². The van der Waals surface area contributed by atoms with Crippen LogP contribution in [0.25, 0.3) is 0 Å². The minimum absolute atomic E-state index is 0.0713. The van der Waals surface area contributed by atoms with E-state index in [4.69, 9.17) is 13.7 Å². The van der Waals surface area contributed by atoms with Gasteiger partial charge in [0.25, 0.3) is 5.88 Å². The van der Waals surface area contributed by atoms with Gasteiger partial charge in [0, 0.05) is 0 Å². The second-order valence-corrected chi connectivity index (χ2v) is 15.6. The Bertz CT molecular complexity index is 1130. The first-order chi connectivity index (χ1) is 15.9. The van der Waals surface area contributed by atoms with E-state index < -0.39 is 25.9 Å². The number of aromatic nitrogens is 1. The van der Waals surface area contributed by atoms with Gasteiger partial charge in [0.1, 0.15) is 29.7 Å². The van der Waals surface area contributed by atoms with Crippen LogP contribution in [0.2, 0.25) is 18.1 Å². The van der Waals surface area contributed by atoms with Crippen LogP contribution in [0.3, 0.4) is 0 Å². The molecule has 2 aliphatic carbocycles. The van der Waals surface area contributed by atoms with Crippen molar-refractivity contribution in [2.24, 2.45) is 5.92 Å². The van der Waals surface area contributed by atoms with Gasteiger partial charge >= 0.3 is 0 Å². The number of ketones is 1. The molecule has 1 aromatic carbocycles. The predicted octanol–water partition coefficient (Wildman–Crippen LogP) is 4.88. The fraction of sp³-hybridized carbons (Fsp3) is 0.462. The van der Waals surface area contributed by atoms with E-state index in [1.54, 1.807) is 18.2 Å². The lowest BCUT2D eigenvalue weighted by Crippen LogP contribution is -2.56. The van der Waals surface area contributed by atoms with Crippen LogP contribution in [0.1, 0.15) is 48.5 Å². The summed E-state index contributed by atoms with van der Waals surface area (Å²) in [5, 5.41) is 16.0. The van der Waals surface area contributed by atoms with Crippen molar-refractivity contribution in [1.29, 1.82) is 0 Å². The third-order valence-electron chi connectivity index (χ3n) is 7.17. The summed E-state index contributed by atoms with van der Waals surface area (Å²) in [6.07, 6.45) is 5.22. The van der Waals surface area contributed by atoms with Crippen LogP contribution in [0.5, 0.6) is 5.88 Å². The third kappa shape index (κ3) is 4.04. The van der Waals surface area contributed by atoms with Crippen molar-refractivity contribution in [3.8, 4) is 5.88 Å². The number of rotatable bonds is 6. The molecule has 3 atom stereocenters. The Hall–Kier alpha value is -2.68. The van der Waals surface area contributed by atoms with Crippen LogP contribution in [0, 0.1) is 5.92 Å². The minimum atomic E-state index is -2.28. The Morgan fingerprint density at radius 3 is 2.50 bits per heavy atom. The summed E-state index contributed by atoms with van der Waals surface area (Å²) < 4.78 is 18.2. The maximum atomic E-state index is 14.0. The van der Waals surface area contributed by atoms with Crippen molar-refractivity contribution in [1.82, 2.24) is 10.1 Å². The zero-order chi connectivity index (χ0) is 24.9. The molecule has 0 bridgehead atoms. The predicted molar refractivity (Wildman–Crippen MR) is 132 cm³/mol. The first-order valence-electron chi connectivity index (χ1n) is 11.5. The number of fused-ring (bicyclic) bond motifs is 2. The molecule has 2 aromatic rings. The van der Waals surface area contributed by atoms with Crippen molar-refractivity contribution in [2.75, 3.05) is 14.1 Å². The monoisotopic (exact) mass is 482 g/mol. The fourth-order valence-electron chi connectivity index (χ4n) is 4.37. The average Bonchev–Trinajstić information content (AvgIpc) is 3.15. The summed E-state index contributed by atoms with van der Waals surface area (Å²) in [6, 6.07) is 9.02. The largest absolute Gasteiger partial charge is 0.546 e. The van der Waals surface area contributed by atoms with Gasteiger partial charge < -0.3 is 18.8 Å². The second kappa shape index (κ2) is 8.52. The number of aliphatic hydroxyl groups is 1. The van der Waals surface area contributed by atoms with Crippen molar-refractivity contribution < 1.29 is 23.6 Å². The van der Waals surface area contributed by atoms with E-state index in [1.807, 2.05) is 49.3 Å². The first-order valence-corrected chi connectivity index (χ1v) is 14.5. The van der Waals surface area contributed by atoms with Crippen molar-refractivity contribution in [3.05, 3.63) is 71.2 Å². The summed E-state index contributed by atoms with van der Waals surface area (Å²) in [4.78, 5) is 15.8. The number of carbonyl (C=O) groups is 1. The van der Waals surface area contributed by atoms with E-state index in [2.05, 4.69) is 39.0 Å². The van der Waals surface area contributed by atoms with Crippen molar-refractivity contribution in [2.45, 2.75) is 57.2 Å². The molecule has 7 nitrogen and oxygen atoms in total. The number of hydrogen-bond donors (Lipinski definition) is 1. The van der Waals surface area contributed by atoms with Gasteiger partial charge in [-0.1, -0.05) is 57.2 Å². The van der Waals surface area contributed by atoms with Crippen LogP contribution in [-0.2, 0) is 11.0 Å². The molecule has 34 heavy (non-hydrogen) atoms. The van der Waals surface area contributed by atoms with Gasteiger partial charge in [-0.2, -0.15) is 0 Å². The number of hydrogen-bond acceptors (Lipinski definition) is 7. The Kier molecular flexibility index (Phi) is 6.12. The van der Waals surface area contributed by atoms with Gasteiger partial charge in [0.2, 0.25) is 8.32 Å². The maximum Gasteiger partial charge on any atom is 0.265 e. The standard InChI is InChI=1S/C26H34N2O5Si/c1-25(2,3)34(6,7)33-18-14-11-15-26(30)20(18)21(29)19-22(23(26)28(4)5)32-27-24(19)31-16-17-12-9-8-10-13-17/h8-15,20,23,30H,16H2,1-7H3/t20-,23+,26-/m0/s1.